The Morgan fingerprint density at radius 3 is 2.84 bits per heavy atom. The van der Waals surface area contributed by atoms with Gasteiger partial charge in [0.05, 0.1) is 4.90 Å². The van der Waals surface area contributed by atoms with Crippen molar-refractivity contribution in [2.45, 2.75) is 11.4 Å². The molecule has 8 heteroatoms. The van der Waals surface area contributed by atoms with Crippen LogP contribution in [0.1, 0.15) is 5.56 Å². The minimum absolute atomic E-state index is 0.0963. The fourth-order valence-electron chi connectivity index (χ4n) is 1.36. The first kappa shape index (κ1) is 13.7. The molecule has 0 atom stereocenters. The van der Waals surface area contributed by atoms with E-state index in [9.17, 15) is 13.2 Å². The zero-order chi connectivity index (χ0) is 13.9. The number of hydrogen-bond acceptors (Lipinski definition) is 4. The Morgan fingerprint density at radius 1 is 1.42 bits per heavy atom. The number of H-pyrrole nitrogens is 1. The van der Waals surface area contributed by atoms with Crippen molar-refractivity contribution in [3.8, 4) is 0 Å². The highest BCUT2D eigenvalue weighted by Gasteiger charge is 2.15. The molecular weight excluding hydrogens is 290 g/mol. The monoisotopic (exact) mass is 299 g/mol. The molecule has 0 spiro atoms. The third kappa shape index (κ3) is 3.40. The van der Waals surface area contributed by atoms with Crippen LogP contribution < -0.4 is 10.3 Å². The highest BCUT2D eigenvalue weighted by atomic mass is 35.5. The molecule has 2 N–H and O–H groups in total. The zero-order valence-electron chi connectivity index (χ0n) is 9.63. The van der Waals surface area contributed by atoms with Crippen molar-refractivity contribution in [3.05, 3.63) is 57.7 Å². The van der Waals surface area contributed by atoms with Crippen molar-refractivity contribution < 1.29 is 8.42 Å². The second-order valence-electron chi connectivity index (χ2n) is 3.70. The summed E-state index contributed by atoms with van der Waals surface area (Å²) in [6.07, 6.45) is 4.25. The van der Waals surface area contributed by atoms with Crippen LogP contribution in [-0.4, -0.2) is 18.4 Å². The van der Waals surface area contributed by atoms with Gasteiger partial charge in [0.15, 0.2) is 0 Å². The molecule has 0 aromatic carbocycles. The fraction of sp³-hybridized carbons (Fsp3) is 0.0909. The molecule has 0 radical (unpaired) electrons. The summed E-state index contributed by atoms with van der Waals surface area (Å²) in [5.74, 6) is 0. The molecule has 19 heavy (non-hydrogen) atoms. The molecule has 2 aromatic rings. The zero-order valence-corrected chi connectivity index (χ0v) is 11.2. The minimum atomic E-state index is -3.73. The quantitative estimate of drug-likeness (QED) is 0.877. The highest BCUT2D eigenvalue weighted by Crippen LogP contribution is 2.10. The molecule has 2 heterocycles. The summed E-state index contributed by atoms with van der Waals surface area (Å²) < 4.78 is 26.3. The highest BCUT2D eigenvalue weighted by molar-refractivity contribution is 7.89. The van der Waals surface area contributed by atoms with Gasteiger partial charge in [-0.1, -0.05) is 17.7 Å². The summed E-state index contributed by atoms with van der Waals surface area (Å²) in [6, 6.07) is 4.56. The molecule has 0 amide bonds. The van der Waals surface area contributed by atoms with Gasteiger partial charge < -0.3 is 4.98 Å². The fourth-order valence-corrected chi connectivity index (χ4v) is 2.60. The Balaban J connectivity index is 2.19. The summed E-state index contributed by atoms with van der Waals surface area (Å²) in [5.41, 5.74) is 0.189. The lowest BCUT2D eigenvalue weighted by Gasteiger charge is -2.06. The SMILES string of the molecule is O=c1[nH]cc(S(=O)(=O)NCc2cccnc2)cc1Cl. The van der Waals surface area contributed by atoms with Crippen LogP contribution >= 0.6 is 11.6 Å². The Labute approximate surface area is 114 Å². The van der Waals surface area contributed by atoms with Gasteiger partial charge in [-0.05, 0) is 17.7 Å². The molecule has 0 aliphatic carbocycles. The molecule has 0 bridgehead atoms. The molecule has 0 saturated carbocycles. The van der Waals surface area contributed by atoms with Crippen molar-refractivity contribution in [3.63, 3.8) is 0 Å². The van der Waals surface area contributed by atoms with Gasteiger partial charge in [0, 0.05) is 25.1 Å². The maximum absolute atomic E-state index is 12.0. The van der Waals surface area contributed by atoms with Gasteiger partial charge in [-0.25, -0.2) is 13.1 Å². The number of nitrogens with one attached hydrogen (secondary N) is 2. The number of rotatable bonds is 4. The maximum Gasteiger partial charge on any atom is 0.266 e. The van der Waals surface area contributed by atoms with Crippen LogP contribution in [0.3, 0.4) is 0 Å². The number of halogens is 1. The van der Waals surface area contributed by atoms with E-state index < -0.39 is 15.6 Å². The van der Waals surface area contributed by atoms with Crippen molar-refractivity contribution in [1.82, 2.24) is 14.7 Å². The third-order valence-electron chi connectivity index (χ3n) is 2.33. The standard InChI is InChI=1S/C11H10ClN3O3S/c12-10-4-9(7-14-11(10)16)19(17,18)15-6-8-2-1-3-13-5-8/h1-5,7,15H,6H2,(H,14,16). The Hall–Kier alpha value is -1.70. The number of nitrogens with zero attached hydrogens (tertiary/aromatic N) is 1. The van der Waals surface area contributed by atoms with Crippen LogP contribution in [0.15, 0.2) is 46.5 Å². The smallest absolute Gasteiger partial charge is 0.266 e. The molecule has 0 aliphatic rings. The predicted molar refractivity (Wildman–Crippen MR) is 70.3 cm³/mol. The number of pyridine rings is 2. The summed E-state index contributed by atoms with van der Waals surface area (Å²) >= 11 is 5.59. The summed E-state index contributed by atoms with van der Waals surface area (Å²) in [4.78, 5) is 17.1. The largest absolute Gasteiger partial charge is 0.326 e. The van der Waals surface area contributed by atoms with Crippen LogP contribution in [0, 0.1) is 0 Å². The van der Waals surface area contributed by atoms with Crippen molar-refractivity contribution in [2.24, 2.45) is 0 Å². The number of aromatic nitrogens is 2. The maximum atomic E-state index is 12.0. The number of aromatic amines is 1. The van der Waals surface area contributed by atoms with E-state index in [2.05, 4.69) is 14.7 Å². The summed E-state index contributed by atoms with van der Waals surface area (Å²) in [5, 5.41) is -0.177. The van der Waals surface area contributed by atoms with E-state index >= 15 is 0 Å². The Kier molecular flexibility index (Phi) is 3.98. The third-order valence-corrected chi connectivity index (χ3v) is 3.99. The lowest BCUT2D eigenvalue weighted by Crippen LogP contribution is -2.24. The molecule has 0 saturated heterocycles. The first-order chi connectivity index (χ1) is 8.99. The van der Waals surface area contributed by atoms with Gasteiger partial charge in [-0.2, -0.15) is 0 Å². The van der Waals surface area contributed by atoms with Crippen LogP contribution in [0.2, 0.25) is 5.02 Å². The summed E-state index contributed by atoms with van der Waals surface area (Å²) in [6.45, 7) is 0.104. The molecule has 100 valence electrons. The van der Waals surface area contributed by atoms with Gasteiger partial charge in [-0.15, -0.1) is 0 Å². The van der Waals surface area contributed by atoms with Crippen molar-refractivity contribution >= 4 is 21.6 Å². The van der Waals surface area contributed by atoms with E-state index in [0.29, 0.717) is 0 Å². The van der Waals surface area contributed by atoms with Crippen LogP contribution in [-0.2, 0) is 16.6 Å². The minimum Gasteiger partial charge on any atom is -0.326 e. The first-order valence-corrected chi connectivity index (χ1v) is 7.12. The topological polar surface area (TPSA) is 91.9 Å². The second-order valence-corrected chi connectivity index (χ2v) is 5.87. The van der Waals surface area contributed by atoms with Gasteiger partial charge in [0.2, 0.25) is 10.0 Å². The molecule has 6 nitrogen and oxygen atoms in total. The van der Waals surface area contributed by atoms with Gasteiger partial charge in [-0.3, -0.25) is 9.78 Å². The number of hydrogen-bond donors (Lipinski definition) is 2. The molecular formula is C11H10ClN3O3S. The van der Waals surface area contributed by atoms with Crippen LogP contribution in [0.5, 0.6) is 0 Å². The average molecular weight is 300 g/mol. The van der Waals surface area contributed by atoms with E-state index in [0.717, 1.165) is 17.8 Å². The normalized spacial score (nSPS) is 11.4. The Morgan fingerprint density at radius 2 is 2.21 bits per heavy atom. The van der Waals surface area contributed by atoms with E-state index in [4.69, 9.17) is 11.6 Å². The molecule has 0 unspecified atom stereocenters. The van der Waals surface area contributed by atoms with E-state index in [1.807, 2.05) is 0 Å². The van der Waals surface area contributed by atoms with Gasteiger partial charge in [0.25, 0.3) is 5.56 Å². The molecule has 0 aliphatic heterocycles. The average Bonchev–Trinajstić information content (AvgIpc) is 2.41. The van der Waals surface area contributed by atoms with E-state index in [1.54, 1.807) is 24.5 Å². The molecule has 0 fully saturated rings. The van der Waals surface area contributed by atoms with Crippen LogP contribution in [0.25, 0.3) is 0 Å². The predicted octanol–water partition coefficient (Wildman–Crippen LogP) is 0.902. The lowest BCUT2D eigenvalue weighted by atomic mass is 10.3. The van der Waals surface area contributed by atoms with Gasteiger partial charge >= 0.3 is 0 Å². The van der Waals surface area contributed by atoms with Gasteiger partial charge in [0.1, 0.15) is 5.02 Å². The van der Waals surface area contributed by atoms with Crippen LogP contribution in [0.4, 0.5) is 0 Å². The van der Waals surface area contributed by atoms with Crippen molar-refractivity contribution in [2.75, 3.05) is 0 Å². The lowest BCUT2D eigenvalue weighted by molar-refractivity contribution is 0.580. The van der Waals surface area contributed by atoms with Crippen molar-refractivity contribution in [1.29, 1.82) is 0 Å². The molecule has 2 aromatic heterocycles. The first-order valence-electron chi connectivity index (χ1n) is 5.26. The molecule has 2 rings (SSSR count). The summed E-state index contributed by atoms with van der Waals surface area (Å²) in [7, 11) is -3.73. The van der Waals surface area contributed by atoms with E-state index in [1.165, 1.54) is 0 Å². The second kappa shape index (κ2) is 5.52. The Bertz CT molecular complexity index is 728. The number of sulfonamides is 1. The van der Waals surface area contributed by atoms with E-state index in [-0.39, 0.29) is 16.5 Å².